The smallest absolute Gasteiger partial charge is 0.307 e. The predicted molar refractivity (Wildman–Crippen MR) is 66.1 cm³/mol. The number of carbonyl (C=O) groups is 2. The molecular formula is C13H16N2O4. The van der Waals surface area contributed by atoms with Crippen molar-refractivity contribution in [1.82, 2.24) is 10.3 Å². The van der Waals surface area contributed by atoms with Crippen molar-refractivity contribution in [3.05, 3.63) is 30.0 Å². The molecule has 0 bridgehead atoms. The van der Waals surface area contributed by atoms with Crippen molar-refractivity contribution >= 4 is 11.9 Å². The van der Waals surface area contributed by atoms with Crippen LogP contribution in [0.15, 0.2) is 22.8 Å². The van der Waals surface area contributed by atoms with Crippen LogP contribution >= 0.6 is 0 Å². The van der Waals surface area contributed by atoms with Crippen molar-refractivity contribution in [3.8, 4) is 0 Å². The number of nitrogens with zero attached hydrogens (tertiary/aromatic N) is 1. The van der Waals surface area contributed by atoms with Crippen molar-refractivity contribution in [3.63, 3.8) is 0 Å². The van der Waals surface area contributed by atoms with Gasteiger partial charge in [0.25, 0.3) is 0 Å². The number of carboxylic acids is 1. The largest absolute Gasteiger partial charge is 0.481 e. The minimum Gasteiger partial charge on any atom is -0.481 e. The summed E-state index contributed by atoms with van der Waals surface area (Å²) in [4.78, 5) is 27.1. The molecule has 1 aliphatic carbocycles. The van der Waals surface area contributed by atoms with Crippen molar-refractivity contribution in [2.24, 2.45) is 11.8 Å². The van der Waals surface area contributed by atoms with Crippen LogP contribution in [-0.2, 0) is 16.1 Å². The van der Waals surface area contributed by atoms with Gasteiger partial charge in [-0.05, 0) is 19.8 Å². The first-order valence-corrected chi connectivity index (χ1v) is 6.14. The van der Waals surface area contributed by atoms with Gasteiger partial charge in [-0.3, -0.25) is 9.59 Å². The maximum absolute atomic E-state index is 12.0. The fourth-order valence-corrected chi connectivity index (χ4v) is 2.15. The molecule has 6 heteroatoms. The highest BCUT2D eigenvalue weighted by atomic mass is 16.4. The molecule has 1 aliphatic rings. The summed E-state index contributed by atoms with van der Waals surface area (Å²) in [5, 5.41) is 11.8. The molecule has 0 saturated carbocycles. The Labute approximate surface area is 110 Å². The standard InChI is InChI=1S/C13H16N2O4/c1-8-6-14-11(19-8)7-15-12(16)9-4-2-3-5-10(9)13(17)18/h2-3,6,9-10H,4-5,7H2,1H3,(H,15,16)(H,17,18). The molecule has 19 heavy (non-hydrogen) atoms. The maximum Gasteiger partial charge on any atom is 0.307 e. The van der Waals surface area contributed by atoms with Crippen LogP contribution in [0.3, 0.4) is 0 Å². The van der Waals surface area contributed by atoms with Gasteiger partial charge in [-0.1, -0.05) is 12.2 Å². The van der Waals surface area contributed by atoms with Crippen LogP contribution < -0.4 is 5.32 Å². The van der Waals surface area contributed by atoms with E-state index in [2.05, 4.69) is 10.3 Å². The number of rotatable bonds is 4. The lowest BCUT2D eigenvalue weighted by molar-refractivity contribution is -0.147. The number of aromatic nitrogens is 1. The summed E-state index contributed by atoms with van der Waals surface area (Å²) in [6, 6.07) is 0. The highest BCUT2D eigenvalue weighted by molar-refractivity contribution is 5.85. The van der Waals surface area contributed by atoms with E-state index in [1.807, 2.05) is 6.08 Å². The van der Waals surface area contributed by atoms with Gasteiger partial charge in [-0.2, -0.15) is 0 Å². The third-order valence-corrected chi connectivity index (χ3v) is 3.17. The Balaban J connectivity index is 1.95. The predicted octanol–water partition coefficient (Wildman–Crippen LogP) is 1.27. The van der Waals surface area contributed by atoms with Gasteiger partial charge in [0, 0.05) is 0 Å². The molecular weight excluding hydrogens is 248 g/mol. The third kappa shape index (κ3) is 3.21. The van der Waals surface area contributed by atoms with E-state index >= 15 is 0 Å². The molecule has 0 aromatic carbocycles. The first-order chi connectivity index (χ1) is 9.08. The minimum absolute atomic E-state index is 0.180. The summed E-state index contributed by atoms with van der Waals surface area (Å²) in [5.41, 5.74) is 0. The minimum atomic E-state index is -0.934. The van der Waals surface area contributed by atoms with Crippen molar-refractivity contribution in [2.45, 2.75) is 26.3 Å². The van der Waals surface area contributed by atoms with Gasteiger partial charge in [0.05, 0.1) is 24.6 Å². The number of hydrogen-bond donors (Lipinski definition) is 2. The second-order valence-corrected chi connectivity index (χ2v) is 4.58. The summed E-state index contributed by atoms with van der Waals surface area (Å²) in [6.07, 6.45) is 6.07. The van der Waals surface area contributed by atoms with Gasteiger partial charge >= 0.3 is 5.97 Å². The number of allylic oxidation sites excluding steroid dienone is 2. The molecule has 1 aromatic rings. The summed E-state index contributed by atoms with van der Waals surface area (Å²) in [7, 11) is 0. The first-order valence-electron chi connectivity index (χ1n) is 6.14. The Morgan fingerprint density at radius 1 is 1.42 bits per heavy atom. The maximum atomic E-state index is 12.0. The van der Waals surface area contributed by atoms with Gasteiger partial charge in [0.1, 0.15) is 5.76 Å². The molecule has 6 nitrogen and oxygen atoms in total. The van der Waals surface area contributed by atoms with E-state index in [0.717, 1.165) is 0 Å². The second kappa shape index (κ2) is 5.69. The molecule has 2 N–H and O–H groups in total. The normalized spacial score (nSPS) is 22.2. The summed E-state index contributed by atoms with van der Waals surface area (Å²) < 4.78 is 5.24. The zero-order chi connectivity index (χ0) is 13.8. The van der Waals surface area contributed by atoms with Crippen molar-refractivity contribution in [1.29, 1.82) is 0 Å². The molecule has 102 valence electrons. The zero-order valence-corrected chi connectivity index (χ0v) is 10.6. The average molecular weight is 264 g/mol. The van der Waals surface area contributed by atoms with Gasteiger partial charge in [0.2, 0.25) is 11.8 Å². The molecule has 1 aromatic heterocycles. The average Bonchev–Trinajstić information content (AvgIpc) is 2.81. The van der Waals surface area contributed by atoms with E-state index in [1.165, 1.54) is 0 Å². The molecule has 1 amide bonds. The molecule has 2 atom stereocenters. The fourth-order valence-electron chi connectivity index (χ4n) is 2.15. The lowest BCUT2D eigenvalue weighted by Crippen LogP contribution is -2.38. The number of carbonyl (C=O) groups excluding carboxylic acids is 1. The number of nitrogens with one attached hydrogen (secondary N) is 1. The Morgan fingerprint density at radius 2 is 2.11 bits per heavy atom. The molecule has 2 rings (SSSR count). The quantitative estimate of drug-likeness (QED) is 0.799. The van der Waals surface area contributed by atoms with Crippen LogP contribution in [0.5, 0.6) is 0 Å². The molecule has 2 unspecified atom stereocenters. The Hall–Kier alpha value is -2.11. The SMILES string of the molecule is Cc1cnc(CNC(=O)C2CC=CCC2C(=O)O)o1. The first kappa shape index (κ1) is 13.3. The highest BCUT2D eigenvalue weighted by Crippen LogP contribution is 2.26. The summed E-state index contributed by atoms with van der Waals surface area (Å²) in [5.74, 6) is -1.30. The van der Waals surface area contributed by atoms with Crippen LogP contribution in [0.25, 0.3) is 0 Å². The lowest BCUT2D eigenvalue weighted by atomic mass is 9.82. The van der Waals surface area contributed by atoms with E-state index in [4.69, 9.17) is 9.52 Å². The molecule has 0 aliphatic heterocycles. The number of carboxylic acid groups (broad SMARTS) is 1. The summed E-state index contributed by atoms with van der Waals surface area (Å²) >= 11 is 0. The Morgan fingerprint density at radius 3 is 2.68 bits per heavy atom. The van der Waals surface area contributed by atoms with Gasteiger partial charge in [-0.15, -0.1) is 0 Å². The number of aryl methyl sites for hydroxylation is 1. The van der Waals surface area contributed by atoms with Crippen LogP contribution in [0.1, 0.15) is 24.5 Å². The van der Waals surface area contributed by atoms with E-state index in [9.17, 15) is 9.59 Å². The number of oxazole rings is 1. The number of amides is 1. The van der Waals surface area contributed by atoms with Crippen LogP contribution in [0.2, 0.25) is 0 Å². The van der Waals surface area contributed by atoms with Gasteiger partial charge in [-0.25, -0.2) is 4.98 Å². The van der Waals surface area contributed by atoms with Crippen LogP contribution in [-0.4, -0.2) is 22.0 Å². The Kier molecular flexibility index (Phi) is 3.99. The molecule has 0 radical (unpaired) electrons. The monoisotopic (exact) mass is 264 g/mol. The molecule has 0 fully saturated rings. The van der Waals surface area contributed by atoms with E-state index in [-0.39, 0.29) is 12.5 Å². The van der Waals surface area contributed by atoms with Crippen LogP contribution in [0.4, 0.5) is 0 Å². The van der Waals surface area contributed by atoms with Crippen molar-refractivity contribution in [2.75, 3.05) is 0 Å². The number of hydrogen-bond acceptors (Lipinski definition) is 4. The zero-order valence-electron chi connectivity index (χ0n) is 10.6. The van der Waals surface area contributed by atoms with Crippen LogP contribution in [0, 0.1) is 18.8 Å². The number of aliphatic carboxylic acids is 1. The second-order valence-electron chi connectivity index (χ2n) is 4.58. The molecule has 0 saturated heterocycles. The fraction of sp³-hybridized carbons (Fsp3) is 0.462. The van der Waals surface area contributed by atoms with Crippen molar-refractivity contribution < 1.29 is 19.1 Å². The highest BCUT2D eigenvalue weighted by Gasteiger charge is 2.33. The van der Waals surface area contributed by atoms with E-state index in [0.29, 0.717) is 24.5 Å². The summed E-state index contributed by atoms with van der Waals surface area (Å²) in [6.45, 7) is 1.95. The molecule has 0 spiro atoms. The van der Waals surface area contributed by atoms with E-state index < -0.39 is 17.8 Å². The lowest BCUT2D eigenvalue weighted by Gasteiger charge is -2.23. The molecule has 1 heterocycles. The van der Waals surface area contributed by atoms with E-state index in [1.54, 1.807) is 19.2 Å². The van der Waals surface area contributed by atoms with Gasteiger partial charge in [0.15, 0.2) is 0 Å². The Bertz CT molecular complexity index is 506. The van der Waals surface area contributed by atoms with Gasteiger partial charge < -0.3 is 14.8 Å². The topological polar surface area (TPSA) is 92.4 Å². The third-order valence-electron chi connectivity index (χ3n) is 3.17.